The van der Waals surface area contributed by atoms with Crippen molar-refractivity contribution in [1.29, 1.82) is 0 Å². The zero-order valence-electron chi connectivity index (χ0n) is 16.4. The summed E-state index contributed by atoms with van der Waals surface area (Å²) >= 11 is 0. The molecule has 0 aliphatic rings. The first-order valence-corrected chi connectivity index (χ1v) is 9.87. The number of carbonyl (C=O) groups excluding carboxylic acids is 2. The van der Waals surface area contributed by atoms with Crippen molar-refractivity contribution >= 4 is 22.7 Å². The van der Waals surface area contributed by atoms with E-state index in [-0.39, 0.29) is 17.5 Å². The van der Waals surface area contributed by atoms with Gasteiger partial charge in [0.2, 0.25) is 0 Å². The number of amides is 2. The van der Waals surface area contributed by atoms with Gasteiger partial charge in [0.1, 0.15) is 0 Å². The van der Waals surface area contributed by atoms with Crippen LogP contribution in [0.4, 0.5) is 0 Å². The monoisotopic (exact) mass is 402 g/mol. The van der Waals surface area contributed by atoms with Crippen molar-refractivity contribution in [3.63, 3.8) is 0 Å². The molecule has 2 aromatic heterocycles. The third-order valence-corrected chi connectivity index (χ3v) is 4.81. The van der Waals surface area contributed by atoms with Crippen LogP contribution in [0.2, 0.25) is 0 Å². The maximum Gasteiger partial charge on any atom is 0.273 e. The lowest BCUT2D eigenvalue weighted by Crippen LogP contribution is -2.27. The van der Waals surface area contributed by atoms with E-state index in [0.29, 0.717) is 24.4 Å². The molecule has 0 bridgehead atoms. The highest BCUT2D eigenvalue weighted by molar-refractivity contribution is 6.06. The van der Waals surface area contributed by atoms with Gasteiger partial charge in [0, 0.05) is 41.8 Å². The molecule has 0 spiro atoms. The molecule has 0 aliphatic heterocycles. The fourth-order valence-corrected chi connectivity index (χ4v) is 3.22. The van der Waals surface area contributed by atoms with Gasteiger partial charge in [-0.2, -0.15) is 0 Å². The quantitative estimate of drug-likeness (QED) is 0.391. The lowest BCUT2D eigenvalue weighted by Gasteiger charge is -2.05. The van der Waals surface area contributed by atoms with Gasteiger partial charge in [-0.05, 0) is 18.9 Å². The number of rotatable bonds is 8. The summed E-state index contributed by atoms with van der Waals surface area (Å²) in [6.45, 7) is 1.03. The van der Waals surface area contributed by atoms with Crippen LogP contribution in [-0.2, 0) is 0 Å². The van der Waals surface area contributed by atoms with Crippen molar-refractivity contribution < 1.29 is 14.1 Å². The molecule has 4 aromatic rings. The van der Waals surface area contributed by atoms with E-state index >= 15 is 0 Å². The lowest BCUT2D eigenvalue weighted by atomic mass is 10.1. The van der Waals surface area contributed by atoms with Crippen LogP contribution in [0, 0.1) is 0 Å². The standard InChI is InChI=1S/C23H22N4O3/c28-22(18-15-26-19-11-5-4-10-17(18)19)24-12-6-7-13-25-23(29)20-14-21(30-27-20)16-8-2-1-3-9-16/h1-5,8-11,14-15,26H,6-7,12-13H2,(H,24,28)(H,25,29). The van der Waals surface area contributed by atoms with Crippen molar-refractivity contribution in [1.82, 2.24) is 20.8 Å². The zero-order chi connectivity index (χ0) is 20.8. The van der Waals surface area contributed by atoms with Crippen LogP contribution < -0.4 is 10.6 Å². The number of nitrogens with one attached hydrogen (secondary N) is 3. The minimum Gasteiger partial charge on any atom is -0.360 e. The molecule has 2 heterocycles. The molecule has 152 valence electrons. The molecule has 0 fully saturated rings. The summed E-state index contributed by atoms with van der Waals surface area (Å²) in [7, 11) is 0. The maximum absolute atomic E-state index is 12.3. The van der Waals surface area contributed by atoms with Crippen LogP contribution in [0.1, 0.15) is 33.7 Å². The average molecular weight is 402 g/mol. The summed E-state index contributed by atoms with van der Waals surface area (Å²) in [6, 6.07) is 18.8. The second kappa shape index (κ2) is 9.09. The van der Waals surface area contributed by atoms with E-state index < -0.39 is 0 Å². The van der Waals surface area contributed by atoms with Crippen molar-refractivity contribution in [2.75, 3.05) is 13.1 Å². The number of nitrogens with zero attached hydrogens (tertiary/aromatic N) is 1. The molecular weight excluding hydrogens is 380 g/mol. The third kappa shape index (κ3) is 4.41. The van der Waals surface area contributed by atoms with Crippen LogP contribution in [0.25, 0.3) is 22.2 Å². The van der Waals surface area contributed by atoms with E-state index in [1.54, 1.807) is 12.3 Å². The second-order valence-electron chi connectivity index (χ2n) is 6.91. The number of aromatic nitrogens is 2. The Labute approximate surface area is 173 Å². The summed E-state index contributed by atoms with van der Waals surface area (Å²) in [6.07, 6.45) is 3.22. The molecule has 3 N–H and O–H groups in total. The van der Waals surface area contributed by atoms with E-state index in [0.717, 1.165) is 29.3 Å². The maximum atomic E-state index is 12.3. The van der Waals surface area contributed by atoms with E-state index in [9.17, 15) is 9.59 Å². The Morgan fingerprint density at radius 2 is 1.60 bits per heavy atom. The van der Waals surface area contributed by atoms with Crippen LogP contribution in [-0.4, -0.2) is 35.0 Å². The molecule has 4 rings (SSSR count). The first kappa shape index (κ1) is 19.4. The summed E-state index contributed by atoms with van der Waals surface area (Å²) in [5.74, 6) is 0.178. The number of hydrogen-bond acceptors (Lipinski definition) is 4. The highest BCUT2D eigenvalue weighted by Gasteiger charge is 2.13. The van der Waals surface area contributed by atoms with Crippen LogP contribution in [0.5, 0.6) is 0 Å². The van der Waals surface area contributed by atoms with Gasteiger partial charge in [0.05, 0.1) is 5.56 Å². The topological polar surface area (TPSA) is 100 Å². The molecule has 2 amide bonds. The Kier molecular flexibility index (Phi) is 5.89. The molecule has 2 aromatic carbocycles. The van der Waals surface area contributed by atoms with Gasteiger partial charge in [-0.15, -0.1) is 0 Å². The molecule has 7 heteroatoms. The SMILES string of the molecule is O=C(NCCCCNC(=O)c1c[nH]c2ccccc12)c1cc(-c2ccccc2)on1. The Bertz CT molecular complexity index is 1150. The minimum atomic E-state index is -0.274. The Hall–Kier alpha value is -3.87. The summed E-state index contributed by atoms with van der Waals surface area (Å²) in [4.78, 5) is 27.6. The fraction of sp³-hybridized carbons (Fsp3) is 0.174. The lowest BCUT2D eigenvalue weighted by molar-refractivity contribution is 0.0935. The van der Waals surface area contributed by atoms with Crippen LogP contribution in [0.3, 0.4) is 0 Å². The molecule has 0 saturated carbocycles. The van der Waals surface area contributed by atoms with Crippen molar-refractivity contribution in [2.45, 2.75) is 12.8 Å². The van der Waals surface area contributed by atoms with Gasteiger partial charge < -0.3 is 20.1 Å². The molecule has 0 unspecified atom stereocenters. The molecule has 0 radical (unpaired) electrons. The third-order valence-electron chi connectivity index (χ3n) is 4.81. The Balaban J connectivity index is 1.18. The van der Waals surface area contributed by atoms with Crippen molar-refractivity contribution in [3.8, 4) is 11.3 Å². The summed E-state index contributed by atoms with van der Waals surface area (Å²) in [5, 5.41) is 10.5. The molecule has 30 heavy (non-hydrogen) atoms. The number of benzene rings is 2. The van der Waals surface area contributed by atoms with Crippen LogP contribution >= 0.6 is 0 Å². The number of para-hydroxylation sites is 1. The zero-order valence-corrected chi connectivity index (χ0v) is 16.4. The predicted molar refractivity (Wildman–Crippen MR) is 114 cm³/mol. The smallest absolute Gasteiger partial charge is 0.273 e. The number of fused-ring (bicyclic) bond motifs is 1. The number of hydrogen-bond donors (Lipinski definition) is 3. The molecule has 0 aliphatic carbocycles. The van der Waals surface area contributed by atoms with Gasteiger partial charge in [-0.25, -0.2) is 0 Å². The van der Waals surface area contributed by atoms with Gasteiger partial charge >= 0.3 is 0 Å². The second-order valence-corrected chi connectivity index (χ2v) is 6.91. The van der Waals surface area contributed by atoms with E-state index in [4.69, 9.17) is 4.52 Å². The van der Waals surface area contributed by atoms with E-state index in [1.807, 2.05) is 54.6 Å². The number of carbonyl (C=O) groups is 2. The Morgan fingerprint density at radius 1 is 0.900 bits per heavy atom. The fourth-order valence-electron chi connectivity index (χ4n) is 3.22. The number of H-pyrrole nitrogens is 1. The van der Waals surface area contributed by atoms with Crippen molar-refractivity contribution in [3.05, 3.63) is 78.1 Å². The normalized spacial score (nSPS) is 10.8. The van der Waals surface area contributed by atoms with Crippen molar-refractivity contribution in [2.24, 2.45) is 0 Å². The first-order valence-electron chi connectivity index (χ1n) is 9.87. The highest BCUT2D eigenvalue weighted by Crippen LogP contribution is 2.19. The first-order chi connectivity index (χ1) is 14.7. The number of unbranched alkanes of at least 4 members (excludes halogenated alkanes) is 1. The van der Waals surface area contributed by atoms with Crippen LogP contribution in [0.15, 0.2) is 71.4 Å². The van der Waals surface area contributed by atoms with Gasteiger partial charge in [-0.3, -0.25) is 9.59 Å². The minimum absolute atomic E-state index is 0.104. The van der Waals surface area contributed by atoms with E-state index in [1.165, 1.54) is 0 Å². The highest BCUT2D eigenvalue weighted by atomic mass is 16.5. The van der Waals surface area contributed by atoms with Gasteiger partial charge in [0.15, 0.2) is 11.5 Å². The summed E-state index contributed by atoms with van der Waals surface area (Å²) in [5.41, 5.74) is 2.70. The predicted octanol–water partition coefficient (Wildman–Crippen LogP) is 3.76. The largest absolute Gasteiger partial charge is 0.360 e. The molecule has 7 nitrogen and oxygen atoms in total. The molecule has 0 atom stereocenters. The summed E-state index contributed by atoms with van der Waals surface area (Å²) < 4.78 is 5.25. The van der Waals surface area contributed by atoms with Gasteiger partial charge in [-0.1, -0.05) is 53.7 Å². The molecule has 0 saturated heterocycles. The molecular formula is C23H22N4O3. The number of aromatic amines is 1. The van der Waals surface area contributed by atoms with E-state index in [2.05, 4.69) is 20.8 Å². The van der Waals surface area contributed by atoms with Gasteiger partial charge in [0.25, 0.3) is 11.8 Å². The Morgan fingerprint density at radius 3 is 2.40 bits per heavy atom. The average Bonchev–Trinajstić information content (AvgIpc) is 3.44.